The zero-order chi connectivity index (χ0) is 23.2. The van der Waals surface area contributed by atoms with E-state index in [1.807, 2.05) is 24.3 Å². The van der Waals surface area contributed by atoms with Crippen molar-refractivity contribution in [3.8, 4) is 17.1 Å². The first-order valence-corrected chi connectivity index (χ1v) is 11.9. The number of likely N-dealkylation sites (N-methyl/N-ethyl adjacent to an activating group) is 1. The summed E-state index contributed by atoms with van der Waals surface area (Å²) in [6.07, 6.45) is 2.63. The van der Waals surface area contributed by atoms with Gasteiger partial charge >= 0.3 is 0 Å². The molecule has 3 heterocycles. The van der Waals surface area contributed by atoms with Crippen LogP contribution in [0.15, 0.2) is 24.3 Å². The second kappa shape index (κ2) is 11.2. The molecule has 0 aliphatic carbocycles. The second-order valence-electron chi connectivity index (χ2n) is 9.02. The Morgan fingerprint density at radius 3 is 2.91 bits per heavy atom. The molecule has 2 aliphatic heterocycles. The van der Waals surface area contributed by atoms with Crippen LogP contribution in [0.5, 0.6) is 5.75 Å². The highest BCUT2D eigenvalue weighted by Crippen LogP contribution is 2.31. The molecule has 2 aliphatic rings. The number of hydrogen-bond donors (Lipinski definition) is 2. The summed E-state index contributed by atoms with van der Waals surface area (Å²) in [6, 6.07) is 7.80. The van der Waals surface area contributed by atoms with Crippen molar-refractivity contribution in [1.29, 1.82) is 0 Å². The molecule has 2 saturated heterocycles. The van der Waals surface area contributed by atoms with E-state index < -0.39 is 6.10 Å². The van der Waals surface area contributed by atoms with Gasteiger partial charge in [-0.1, -0.05) is 12.1 Å². The van der Waals surface area contributed by atoms with E-state index in [-0.39, 0.29) is 12.7 Å². The molecular formula is C25H36N4O4. The number of benzene rings is 1. The molecule has 2 N–H and O–H groups in total. The van der Waals surface area contributed by atoms with Gasteiger partial charge < -0.3 is 29.5 Å². The van der Waals surface area contributed by atoms with Crippen molar-refractivity contribution in [2.75, 3.05) is 58.5 Å². The summed E-state index contributed by atoms with van der Waals surface area (Å²) in [5, 5.41) is 12.9. The molecule has 0 amide bonds. The minimum Gasteiger partial charge on any atom is -0.491 e. The Balaban J connectivity index is 1.62. The summed E-state index contributed by atoms with van der Waals surface area (Å²) in [6.45, 7) is 6.23. The lowest BCUT2D eigenvalue weighted by Crippen LogP contribution is -2.29. The van der Waals surface area contributed by atoms with Crippen LogP contribution >= 0.6 is 0 Å². The van der Waals surface area contributed by atoms with Gasteiger partial charge in [-0.3, -0.25) is 0 Å². The third-order valence-corrected chi connectivity index (χ3v) is 6.48. The molecule has 4 rings (SSSR count). The summed E-state index contributed by atoms with van der Waals surface area (Å²) < 4.78 is 17.0. The zero-order valence-electron chi connectivity index (χ0n) is 19.9. The van der Waals surface area contributed by atoms with E-state index in [9.17, 15) is 5.11 Å². The molecular weight excluding hydrogens is 420 g/mol. The number of ether oxygens (including phenoxy) is 3. The SMILES string of the molecule is CNCC(O)COc1cccc(-c2nc(C[C@@H]3CCOC3)c(C)c(N3CC[C@@H](OC)C3)n2)c1. The van der Waals surface area contributed by atoms with Crippen LogP contribution in [0.25, 0.3) is 11.4 Å². The number of aliphatic hydroxyl groups is 1. The van der Waals surface area contributed by atoms with Crippen LogP contribution in [-0.2, 0) is 15.9 Å². The normalized spacial score (nSPS) is 21.5. The lowest BCUT2D eigenvalue weighted by atomic mass is 9.99. The molecule has 2 fully saturated rings. The third-order valence-electron chi connectivity index (χ3n) is 6.48. The standard InChI is InChI=1S/C25H36N4O4/c1-17-23(11-18-8-10-32-15-18)27-24(28-25(17)29-9-7-22(14-29)31-3)19-5-4-6-21(12-19)33-16-20(30)13-26-2/h4-6,12,18,20,22,26,30H,7-11,13-16H2,1-3H3/t18-,20?,22+/m0/s1. The lowest BCUT2D eigenvalue weighted by Gasteiger charge is -2.22. The van der Waals surface area contributed by atoms with E-state index in [0.717, 1.165) is 68.2 Å². The maximum absolute atomic E-state index is 9.96. The van der Waals surface area contributed by atoms with Gasteiger partial charge in [0.15, 0.2) is 5.82 Å². The van der Waals surface area contributed by atoms with Crippen molar-refractivity contribution >= 4 is 5.82 Å². The van der Waals surface area contributed by atoms with E-state index in [1.165, 1.54) is 0 Å². The Morgan fingerprint density at radius 2 is 2.18 bits per heavy atom. The Hall–Kier alpha value is -2.26. The molecule has 0 radical (unpaired) electrons. The van der Waals surface area contributed by atoms with Crippen molar-refractivity contribution in [2.24, 2.45) is 5.92 Å². The summed E-state index contributed by atoms with van der Waals surface area (Å²) in [4.78, 5) is 12.3. The van der Waals surface area contributed by atoms with Crippen LogP contribution in [0.1, 0.15) is 24.1 Å². The molecule has 0 saturated carbocycles. The summed E-state index contributed by atoms with van der Waals surface area (Å²) in [5.41, 5.74) is 3.13. The monoisotopic (exact) mass is 456 g/mol. The summed E-state index contributed by atoms with van der Waals surface area (Å²) in [5.74, 6) is 2.88. The molecule has 0 spiro atoms. The first-order valence-electron chi connectivity index (χ1n) is 11.9. The largest absolute Gasteiger partial charge is 0.491 e. The van der Waals surface area contributed by atoms with Crippen LogP contribution in [0.3, 0.4) is 0 Å². The summed E-state index contributed by atoms with van der Waals surface area (Å²) in [7, 11) is 3.58. The van der Waals surface area contributed by atoms with Crippen molar-refractivity contribution < 1.29 is 19.3 Å². The number of nitrogens with zero attached hydrogens (tertiary/aromatic N) is 3. The number of aliphatic hydroxyl groups excluding tert-OH is 1. The van der Waals surface area contributed by atoms with Crippen LogP contribution in [-0.4, -0.2) is 80.9 Å². The van der Waals surface area contributed by atoms with Crippen molar-refractivity contribution in [3.63, 3.8) is 0 Å². The number of methoxy groups -OCH3 is 1. The van der Waals surface area contributed by atoms with Crippen molar-refractivity contribution in [1.82, 2.24) is 15.3 Å². The Morgan fingerprint density at radius 1 is 1.30 bits per heavy atom. The van der Waals surface area contributed by atoms with E-state index >= 15 is 0 Å². The highest BCUT2D eigenvalue weighted by atomic mass is 16.5. The Kier molecular flexibility index (Phi) is 8.14. The number of aromatic nitrogens is 2. The average molecular weight is 457 g/mol. The van der Waals surface area contributed by atoms with Crippen molar-refractivity contribution in [2.45, 2.75) is 38.4 Å². The minimum atomic E-state index is -0.565. The van der Waals surface area contributed by atoms with Gasteiger partial charge in [-0.05, 0) is 51.3 Å². The molecule has 3 atom stereocenters. The quantitative estimate of drug-likeness (QED) is 0.563. The van der Waals surface area contributed by atoms with E-state index in [0.29, 0.717) is 24.0 Å². The predicted octanol–water partition coefficient (Wildman–Crippen LogP) is 2.22. The van der Waals surface area contributed by atoms with Crippen LogP contribution < -0.4 is 15.0 Å². The predicted molar refractivity (Wildman–Crippen MR) is 128 cm³/mol. The zero-order valence-corrected chi connectivity index (χ0v) is 19.9. The Labute approximate surface area is 196 Å². The fraction of sp³-hybridized carbons (Fsp3) is 0.600. The van der Waals surface area contributed by atoms with Gasteiger partial charge in [0.25, 0.3) is 0 Å². The molecule has 8 nitrogen and oxygen atoms in total. The highest BCUT2D eigenvalue weighted by Gasteiger charge is 2.27. The van der Waals surface area contributed by atoms with E-state index in [2.05, 4.69) is 17.1 Å². The number of hydrogen-bond acceptors (Lipinski definition) is 8. The first kappa shape index (κ1) is 23.9. The minimum absolute atomic E-state index is 0.226. The molecule has 2 aromatic rings. The molecule has 8 heteroatoms. The molecule has 1 unspecified atom stereocenters. The topological polar surface area (TPSA) is 89.0 Å². The fourth-order valence-corrected chi connectivity index (χ4v) is 4.53. The molecule has 180 valence electrons. The van der Waals surface area contributed by atoms with Gasteiger partial charge in [0, 0.05) is 56.8 Å². The van der Waals surface area contributed by atoms with Gasteiger partial charge in [0.1, 0.15) is 24.3 Å². The fourth-order valence-electron chi connectivity index (χ4n) is 4.53. The van der Waals surface area contributed by atoms with Gasteiger partial charge in [-0.25, -0.2) is 9.97 Å². The van der Waals surface area contributed by atoms with Crippen LogP contribution in [0.4, 0.5) is 5.82 Å². The smallest absolute Gasteiger partial charge is 0.161 e. The van der Waals surface area contributed by atoms with Gasteiger partial charge in [-0.2, -0.15) is 0 Å². The highest BCUT2D eigenvalue weighted by molar-refractivity contribution is 5.62. The summed E-state index contributed by atoms with van der Waals surface area (Å²) >= 11 is 0. The van der Waals surface area contributed by atoms with Gasteiger partial charge in [0.05, 0.1) is 6.10 Å². The van der Waals surface area contributed by atoms with Crippen LogP contribution in [0.2, 0.25) is 0 Å². The number of rotatable bonds is 10. The Bertz CT molecular complexity index is 919. The average Bonchev–Trinajstić information content (AvgIpc) is 3.51. The molecule has 33 heavy (non-hydrogen) atoms. The molecule has 1 aromatic carbocycles. The molecule has 1 aromatic heterocycles. The third kappa shape index (κ3) is 6.00. The van der Waals surface area contributed by atoms with Gasteiger partial charge in [0.2, 0.25) is 0 Å². The lowest BCUT2D eigenvalue weighted by molar-refractivity contribution is 0.108. The van der Waals surface area contributed by atoms with E-state index in [1.54, 1.807) is 14.2 Å². The molecule has 0 bridgehead atoms. The maximum Gasteiger partial charge on any atom is 0.161 e. The van der Waals surface area contributed by atoms with Crippen molar-refractivity contribution in [3.05, 3.63) is 35.5 Å². The van der Waals surface area contributed by atoms with E-state index in [4.69, 9.17) is 24.2 Å². The maximum atomic E-state index is 9.96. The second-order valence-corrected chi connectivity index (χ2v) is 9.02. The van der Waals surface area contributed by atoms with Crippen LogP contribution in [0, 0.1) is 12.8 Å². The number of anilines is 1. The first-order chi connectivity index (χ1) is 16.1. The number of nitrogens with one attached hydrogen (secondary N) is 1. The van der Waals surface area contributed by atoms with Gasteiger partial charge in [-0.15, -0.1) is 0 Å².